The molecule has 1 saturated heterocycles. The third-order valence-electron chi connectivity index (χ3n) is 3.87. The minimum Gasteiger partial charge on any atom is -0.357 e. The van der Waals surface area contributed by atoms with Gasteiger partial charge in [0.05, 0.1) is 18.2 Å². The van der Waals surface area contributed by atoms with Crippen LogP contribution in [0.4, 0.5) is 4.39 Å². The lowest BCUT2D eigenvalue weighted by atomic mass is 10.0. The van der Waals surface area contributed by atoms with Crippen LogP contribution >= 0.6 is 24.0 Å². The van der Waals surface area contributed by atoms with Gasteiger partial charge in [0.25, 0.3) is 0 Å². The third kappa shape index (κ3) is 5.65. The molecule has 0 bridgehead atoms. The lowest BCUT2D eigenvalue weighted by Gasteiger charge is -2.33. The Morgan fingerprint density at radius 3 is 2.91 bits per heavy atom. The van der Waals surface area contributed by atoms with E-state index in [1.165, 1.54) is 12.5 Å². The van der Waals surface area contributed by atoms with Crippen LogP contribution in [-0.2, 0) is 6.54 Å². The first-order valence-corrected chi connectivity index (χ1v) is 7.85. The molecule has 1 heterocycles. The minimum absolute atomic E-state index is 0. The highest BCUT2D eigenvalue weighted by molar-refractivity contribution is 14.0. The molecule has 1 N–H and O–H groups in total. The summed E-state index contributed by atoms with van der Waals surface area (Å²) in [6, 6.07) is 6.47. The van der Waals surface area contributed by atoms with Crippen molar-refractivity contribution in [1.29, 1.82) is 5.26 Å². The van der Waals surface area contributed by atoms with Gasteiger partial charge in [-0.15, -0.1) is 24.0 Å². The van der Waals surface area contributed by atoms with Gasteiger partial charge in [0, 0.05) is 25.2 Å². The van der Waals surface area contributed by atoms with E-state index in [9.17, 15) is 4.39 Å². The average molecular weight is 430 g/mol. The predicted octanol–water partition coefficient (Wildman–Crippen LogP) is 3.51. The van der Waals surface area contributed by atoms with E-state index in [1.807, 2.05) is 13.0 Å². The number of benzene rings is 1. The molecule has 23 heavy (non-hydrogen) atoms. The molecule has 0 spiro atoms. The number of likely N-dealkylation sites (tertiary alicyclic amines) is 1. The fourth-order valence-electron chi connectivity index (χ4n) is 2.71. The van der Waals surface area contributed by atoms with E-state index in [2.05, 4.69) is 22.1 Å². The third-order valence-corrected chi connectivity index (χ3v) is 3.87. The normalized spacial score (nSPS) is 18.1. The summed E-state index contributed by atoms with van der Waals surface area (Å²) >= 11 is 0. The van der Waals surface area contributed by atoms with Gasteiger partial charge in [-0.1, -0.05) is 13.0 Å². The lowest BCUT2D eigenvalue weighted by Crippen LogP contribution is -2.46. The summed E-state index contributed by atoms with van der Waals surface area (Å²) in [4.78, 5) is 6.82. The summed E-state index contributed by atoms with van der Waals surface area (Å²) in [7, 11) is 0. The average Bonchev–Trinajstić information content (AvgIpc) is 2.52. The molecular formula is C17H24FIN4. The molecule has 2 rings (SSSR count). The van der Waals surface area contributed by atoms with Gasteiger partial charge in [-0.25, -0.2) is 9.38 Å². The molecule has 1 fully saturated rings. The Morgan fingerprint density at radius 2 is 2.30 bits per heavy atom. The van der Waals surface area contributed by atoms with E-state index in [0.29, 0.717) is 17.0 Å². The first-order chi connectivity index (χ1) is 10.6. The first kappa shape index (κ1) is 19.7. The summed E-state index contributed by atoms with van der Waals surface area (Å²) in [5.41, 5.74) is 0.849. The van der Waals surface area contributed by atoms with Crippen LogP contribution in [0.3, 0.4) is 0 Å². The fourth-order valence-corrected chi connectivity index (χ4v) is 2.71. The first-order valence-electron chi connectivity index (χ1n) is 7.85. The number of nitriles is 1. The number of nitrogens with zero attached hydrogens (tertiary/aromatic N) is 3. The maximum Gasteiger partial charge on any atom is 0.194 e. The zero-order valence-electron chi connectivity index (χ0n) is 13.7. The van der Waals surface area contributed by atoms with Crippen molar-refractivity contribution in [2.24, 2.45) is 10.9 Å². The van der Waals surface area contributed by atoms with Crippen molar-refractivity contribution in [1.82, 2.24) is 10.2 Å². The predicted molar refractivity (Wildman–Crippen MR) is 101 cm³/mol. The highest BCUT2D eigenvalue weighted by Gasteiger charge is 2.19. The van der Waals surface area contributed by atoms with Crippen LogP contribution in [0.2, 0.25) is 0 Å². The Morgan fingerprint density at radius 1 is 1.52 bits per heavy atom. The fraction of sp³-hybridized carbons (Fsp3) is 0.529. The molecular weight excluding hydrogens is 406 g/mol. The highest BCUT2D eigenvalue weighted by Crippen LogP contribution is 2.16. The maximum absolute atomic E-state index is 13.9. The van der Waals surface area contributed by atoms with Crippen molar-refractivity contribution in [2.75, 3.05) is 19.6 Å². The molecule has 126 valence electrons. The molecule has 0 radical (unpaired) electrons. The minimum atomic E-state index is -0.370. The molecule has 1 aliphatic heterocycles. The number of halogens is 2. The molecule has 6 heteroatoms. The van der Waals surface area contributed by atoms with E-state index in [1.54, 1.807) is 12.1 Å². The SMILES string of the molecule is CCNC(=NCc1ccc(C#N)cc1F)N1CCCC(C)C1.I. The van der Waals surface area contributed by atoms with E-state index < -0.39 is 0 Å². The van der Waals surface area contributed by atoms with E-state index in [4.69, 9.17) is 5.26 Å². The Kier molecular flexibility index (Phi) is 8.31. The van der Waals surface area contributed by atoms with Crippen molar-refractivity contribution >= 4 is 29.9 Å². The van der Waals surface area contributed by atoms with Crippen LogP contribution in [0.25, 0.3) is 0 Å². The number of nitrogens with one attached hydrogen (secondary N) is 1. The van der Waals surface area contributed by atoms with Crippen LogP contribution < -0.4 is 5.32 Å². The summed E-state index contributed by atoms with van der Waals surface area (Å²) in [5.74, 6) is 1.13. The Hall–Kier alpha value is -1.36. The van der Waals surface area contributed by atoms with Gasteiger partial charge in [0.15, 0.2) is 5.96 Å². The summed E-state index contributed by atoms with van der Waals surface area (Å²) in [5, 5.41) is 12.1. The molecule has 0 aromatic heterocycles. The number of guanidine groups is 1. The van der Waals surface area contributed by atoms with Crippen LogP contribution in [0, 0.1) is 23.1 Å². The van der Waals surface area contributed by atoms with Gasteiger partial charge < -0.3 is 10.2 Å². The summed E-state index contributed by atoms with van der Waals surface area (Å²) in [6.45, 7) is 7.33. The lowest BCUT2D eigenvalue weighted by molar-refractivity contribution is 0.266. The Labute approximate surface area is 154 Å². The van der Waals surface area contributed by atoms with Crippen molar-refractivity contribution < 1.29 is 4.39 Å². The van der Waals surface area contributed by atoms with Crippen LogP contribution in [0.1, 0.15) is 37.8 Å². The van der Waals surface area contributed by atoms with Crippen molar-refractivity contribution in [2.45, 2.75) is 33.2 Å². The number of aliphatic imine (C=N–C) groups is 1. The maximum atomic E-state index is 13.9. The van der Waals surface area contributed by atoms with E-state index in [-0.39, 0.29) is 36.3 Å². The van der Waals surface area contributed by atoms with E-state index >= 15 is 0 Å². The molecule has 0 amide bonds. The second kappa shape index (κ2) is 9.71. The molecule has 4 nitrogen and oxygen atoms in total. The standard InChI is InChI=1S/C17H23FN4.HI/c1-3-20-17(22-8-4-5-13(2)12-22)21-11-15-7-6-14(10-19)9-16(15)18;/h6-7,9,13H,3-5,8,11-12H2,1-2H3,(H,20,21);1H. The zero-order chi connectivity index (χ0) is 15.9. The van der Waals surface area contributed by atoms with E-state index in [0.717, 1.165) is 32.0 Å². The van der Waals surface area contributed by atoms with Crippen LogP contribution in [0.15, 0.2) is 23.2 Å². The molecule has 1 aromatic carbocycles. The highest BCUT2D eigenvalue weighted by atomic mass is 127. The zero-order valence-corrected chi connectivity index (χ0v) is 16.0. The number of hydrogen-bond donors (Lipinski definition) is 1. The summed E-state index contributed by atoms with van der Waals surface area (Å²) < 4.78 is 13.9. The monoisotopic (exact) mass is 430 g/mol. The number of rotatable bonds is 3. The van der Waals surface area contributed by atoms with Gasteiger partial charge in [-0.2, -0.15) is 5.26 Å². The number of piperidine rings is 1. The Bertz CT molecular complexity index is 582. The van der Waals surface area contributed by atoms with Gasteiger partial charge in [-0.05, 0) is 37.8 Å². The smallest absolute Gasteiger partial charge is 0.194 e. The molecule has 1 aromatic rings. The molecule has 0 aliphatic carbocycles. The van der Waals surface area contributed by atoms with Crippen molar-refractivity contribution in [3.63, 3.8) is 0 Å². The largest absolute Gasteiger partial charge is 0.357 e. The van der Waals surface area contributed by atoms with Gasteiger partial charge >= 0.3 is 0 Å². The molecule has 1 atom stereocenters. The topological polar surface area (TPSA) is 51.4 Å². The van der Waals surface area contributed by atoms with Crippen LogP contribution in [-0.4, -0.2) is 30.5 Å². The van der Waals surface area contributed by atoms with Crippen LogP contribution in [0.5, 0.6) is 0 Å². The Balaban J connectivity index is 0.00000264. The summed E-state index contributed by atoms with van der Waals surface area (Å²) in [6.07, 6.45) is 2.41. The molecule has 1 aliphatic rings. The van der Waals surface area contributed by atoms with Gasteiger partial charge in [0.1, 0.15) is 5.82 Å². The van der Waals surface area contributed by atoms with Gasteiger partial charge in [-0.3, -0.25) is 0 Å². The molecule has 0 saturated carbocycles. The quantitative estimate of drug-likeness (QED) is 0.454. The van der Waals surface area contributed by atoms with Gasteiger partial charge in [0.2, 0.25) is 0 Å². The van der Waals surface area contributed by atoms with Crippen molar-refractivity contribution in [3.8, 4) is 6.07 Å². The second-order valence-electron chi connectivity index (χ2n) is 5.78. The number of hydrogen-bond acceptors (Lipinski definition) is 2. The van der Waals surface area contributed by atoms with Crippen molar-refractivity contribution in [3.05, 3.63) is 35.1 Å². The second-order valence-corrected chi connectivity index (χ2v) is 5.78. The molecule has 1 unspecified atom stereocenters.